The van der Waals surface area contributed by atoms with E-state index in [4.69, 9.17) is 0 Å². The van der Waals surface area contributed by atoms with Gasteiger partial charge in [0.15, 0.2) is 15.5 Å². The van der Waals surface area contributed by atoms with Crippen molar-refractivity contribution >= 4 is 33.2 Å². The molecular weight excluding hydrogens is 374 g/mol. The van der Waals surface area contributed by atoms with Crippen molar-refractivity contribution in [3.63, 3.8) is 0 Å². The molecule has 1 amide bonds. The van der Waals surface area contributed by atoms with Crippen LogP contribution in [-0.2, 0) is 14.6 Å². The number of imidazole rings is 1. The Hall–Kier alpha value is -1.65. The van der Waals surface area contributed by atoms with Crippen LogP contribution in [0.5, 0.6) is 0 Å². The summed E-state index contributed by atoms with van der Waals surface area (Å²) in [5, 5.41) is 0.751. The molecule has 2 aliphatic rings. The maximum absolute atomic E-state index is 12.5. The first kappa shape index (κ1) is 17.7. The lowest BCUT2D eigenvalue weighted by atomic mass is 10.2. The molecule has 0 N–H and O–H groups in total. The van der Waals surface area contributed by atoms with E-state index in [0.29, 0.717) is 31.0 Å². The van der Waals surface area contributed by atoms with Gasteiger partial charge in [0.25, 0.3) is 0 Å². The first-order valence-corrected chi connectivity index (χ1v) is 11.5. The van der Waals surface area contributed by atoms with E-state index in [2.05, 4.69) is 14.9 Å². The fourth-order valence-corrected chi connectivity index (χ4v) is 6.18. The number of sulfone groups is 1. The topological polar surface area (TPSA) is 87.9 Å². The van der Waals surface area contributed by atoms with E-state index in [-0.39, 0.29) is 17.7 Å². The zero-order chi connectivity index (χ0) is 18.1. The van der Waals surface area contributed by atoms with Gasteiger partial charge >= 0.3 is 0 Å². The summed E-state index contributed by atoms with van der Waals surface area (Å²) in [6.07, 6.45) is 7.81. The van der Waals surface area contributed by atoms with E-state index in [9.17, 15) is 13.2 Å². The Labute approximate surface area is 156 Å². The molecule has 2 aromatic rings. The summed E-state index contributed by atoms with van der Waals surface area (Å²) in [4.78, 5) is 25.2. The van der Waals surface area contributed by atoms with E-state index in [1.54, 1.807) is 12.4 Å². The zero-order valence-electron chi connectivity index (χ0n) is 14.3. The molecule has 0 saturated carbocycles. The summed E-state index contributed by atoms with van der Waals surface area (Å²) in [7, 11) is -2.87. The molecule has 10 heteroatoms. The quantitative estimate of drug-likeness (QED) is 0.681. The third-order valence-corrected chi connectivity index (χ3v) is 7.71. The number of piperazine rings is 1. The molecule has 2 fully saturated rings. The van der Waals surface area contributed by atoms with Crippen molar-refractivity contribution in [2.75, 3.05) is 43.4 Å². The van der Waals surface area contributed by atoms with Crippen LogP contribution < -0.4 is 0 Å². The van der Waals surface area contributed by atoms with Crippen LogP contribution in [0.2, 0.25) is 0 Å². The van der Waals surface area contributed by atoms with Gasteiger partial charge < -0.3 is 9.30 Å². The van der Waals surface area contributed by atoms with Gasteiger partial charge in [-0.3, -0.25) is 9.69 Å². The van der Waals surface area contributed by atoms with E-state index in [0.717, 1.165) is 23.8 Å². The average molecular weight is 396 g/mol. The predicted molar refractivity (Wildman–Crippen MR) is 98.9 cm³/mol. The standard InChI is InChI=1S/C16H21N5O3S2/c22-14(11-25-16-15-17-2-4-21(15)5-3-18-16)20-8-6-19(7-9-20)13-1-10-26(23,24)12-13/h2-5,13H,1,6-12H2. The smallest absolute Gasteiger partial charge is 0.233 e. The number of rotatable bonds is 4. The van der Waals surface area contributed by atoms with Crippen molar-refractivity contribution in [1.82, 2.24) is 24.2 Å². The van der Waals surface area contributed by atoms with Gasteiger partial charge in [-0.25, -0.2) is 18.4 Å². The van der Waals surface area contributed by atoms with Crippen molar-refractivity contribution in [2.24, 2.45) is 0 Å². The van der Waals surface area contributed by atoms with Crippen LogP contribution >= 0.6 is 11.8 Å². The van der Waals surface area contributed by atoms with E-state index >= 15 is 0 Å². The second kappa shape index (κ2) is 7.16. The first-order valence-electron chi connectivity index (χ1n) is 8.64. The van der Waals surface area contributed by atoms with Gasteiger partial charge in [-0.1, -0.05) is 11.8 Å². The minimum absolute atomic E-state index is 0.0871. The van der Waals surface area contributed by atoms with Crippen LogP contribution in [0.15, 0.2) is 29.8 Å². The Morgan fingerprint density at radius 3 is 2.58 bits per heavy atom. The van der Waals surface area contributed by atoms with Crippen LogP contribution in [-0.4, -0.2) is 88.0 Å². The molecule has 0 aliphatic carbocycles. The molecule has 140 valence electrons. The second-order valence-electron chi connectivity index (χ2n) is 6.65. The molecule has 2 aliphatic heterocycles. The molecule has 1 unspecified atom stereocenters. The highest BCUT2D eigenvalue weighted by Crippen LogP contribution is 2.22. The Balaban J connectivity index is 1.29. The van der Waals surface area contributed by atoms with Crippen molar-refractivity contribution < 1.29 is 13.2 Å². The minimum atomic E-state index is -2.87. The molecule has 26 heavy (non-hydrogen) atoms. The lowest BCUT2D eigenvalue weighted by Gasteiger charge is -2.37. The number of hydrogen-bond donors (Lipinski definition) is 0. The van der Waals surface area contributed by atoms with Gasteiger partial charge in [0.05, 0.1) is 17.3 Å². The van der Waals surface area contributed by atoms with Crippen molar-refractivity contribution in [3.8, 4) is 0 Å². The van der Waals surface area contributed by atoms with E-state index in [1.165, 1.54) is 11.8 Å². The molecular formula is C16H21N5O3S2. The number of aromatic nitrogens is 3. The highest BCUT2D eigenvalue weighted by Gasteiger charge is 2.34. The first-order chi connectivity index (χ1) is 12.5. The van der Waals surface area contributed by atoms with Gasteiger partial charge in [-0.2, -0.15) is 0 Å². The van der Waals surface area contributed by atoms with Crippen molar-refractivity contribution in [2.45, 2.75) is 17.5 Å². The molecule has 2 aromatic heterocycles. The van der Waals surface area contributed by atoms with Crippen LogP contribution in [0, 0.1) is 0 Å². The van der Waals surface area contributed by atoms with Crippen LogP contribution in [0.1, 0.15) is 6.42 Å². The van der Waals surface area contributed by atoms with Gasteiger partial charge in [0.1, 0.15) is 5.03 Å². The predicted octanol–water partition coefficient (Wildman–Crippen LogP) is 0.153. The Kier molecular flexibility index (Phi) is 4.89. The summed E-state index contributed by atoms with van der Waals surface area (Å²) in [5.41, 5.74) is 0.762. The van der Waals surface area contributed by atoms with E-state index < -0.39 is 9.84 Å². The molecule has 4 rings (SSSR count). The lowest BCUT2D eigenvalue weighted by Crippen LogP contribution is -2.52. The molecule has 4 heterocycles. The average Bonchev–Trinajstić information content (AvgIpc) is 3.26. The monoisotopic (exact) mass is 395 g/mol. The molecule has 0 spiro atoms. The number of amides is 1. The largest absolute Gasteiger partial charge is 0.339 e. The van der Waals surface area contributed by atoms with Gasteiger partial charge in [0.2, 0.25) is 5.91 Å². The highest BCUT2D eigenvalue weighted by molar-refractivity contribution is 8.00. The summed E-state index contributed by atoms with van der Waals surface area (Å²) >= 11 is 1.40. The summed E-state index contributed by atoms with van der Waals surface area (Å²) in [6, 6.07) is 0.119. The Morgan fingerprint density at radius 1 is 1.15 bits per heavy atom. The lowest BCUT2D eigenvalue weighted by molar-refractivity contribution is -0.130. The molecule has 0 bridgehead atoms. The fourth-order valence-electron chi connectivity index (χ4n) is 3.55. The minimum Gasteiger partial charge on any atom is -0.339 e. The van der Waals surface area contributed by atoms with E-state index in [1.807, 2.05) is 21.7 Å². The number of thioether (sulfide) groups is 1. The second-order valence-corrected chi connectivity index (χ2v) is 9.85. The number of carbonyl (C=O) groups excluding carboxylic acids is 1. The molecule has 2 saturated heterocycles. The van der Waals surface area contributed by atoms with Crippen LogP contribution in [0.25, 0.3) is 5.65 Å². The third kappa shape index (κ3) is 3.72. The highest BCUT2D eigenvalue weighted by atomic mass is 32.2. The van der Waals surface area contributed by atoms with Gasteiger partial charge in [0, 0.05) is 57.0 Å². The Morgan fingerprint density at radius 2 is 1.88 bits per heavy atom. The van der Waals surface area contributed by atoms with Gasteiger partial charge in [-0.05, 0) is 6.42 Å². The molecule has 0 radical (unpaired) electrons. The van der Waals surface area contributed by atoms with Crippen LogP contribution in [0.4, 0.5) is 0 Å². The van der Waals surface area contributed by atoms with Crippen molar-refractivity contribution in [1.29, 1.82) is 0 Å². The molecule has 8 nitrogen and oxygen atoms in total. The summed E-state index contributed by atoms with van der Waals surface area (Å²) < 4.78 is 25.2. The maximum Gasteiger partial charge on any atom is 0.233 e. The van der Waals surface area contributed by atoms with Gasteiger partial charge in [-0.15, -0.1) is 0 Å². The van der Waals surface area contributed by atoms with Crippen molar-refractivity contribution in [3.05, 3.63) is 24.8 Å². The molecule has 1 atom stereocenters. The van der Waals surface area contributed by atoms with Crippen LogP contribution in [0.3, 0.4) is 0 Å². The zero-order valence-corrected chi connectivity index (χ0v) is 16.0. The number of hydrogen-bond acceptors (Lipinski definition) is 7. The fraction of sp³-hybridized carbons (Fsp3) is 0.562. The molecule has 0 aromatic carbocycles. The normalized spacial score (nSPS) is 23.5. The number of fused-ring (bicyclic) bond motifs is 1. The summed E-state index contributed by atoms with van der Waals surface area (Å²) in [5.74, 6) is 0.970. The summed E-state index contributed by atoms with van der Waals surface area (Å²) in [6.45, 7) is 2.78. The number of carbonyl (C=O) groups is 1. The maximum atomic E-state index is 12.5. The Bertz CT molecular complexity index is 906. The SMILES string of the molecule is O=C(CSc1nccn2ccnc12)N1CCN(C2CCS(=O)(=O)C2)CC1. The third-order valence-electron chi connectivity index (χ3n) is 5.00. The number of nitrogens with zero attached hydrogens (tertiary/aromatic N) is 5.